The molecule has 0 radical (unpaired) electrons. The topological polar surface area (TPSA) is 91.0 Å². The third-order valence-electron chi connectivity index (χ3n) is 4.47. The van der Waals surface area contributed by atoms with Crippen LogP contribution in [0, 0.1) is 5.92 Å². The number of amides is 2. The molecule has 0 saturated carbocycles. The molecule has 7 nitrogen and oxygen atoms in total. The number of H-pyrrole nitrogens is 1. The number of pyridine rings is 1. The van der Waals surface area contributed by atoms with Gasteiger partial charge in [-0.05, 0) is 36.5 Å². The molecule has 1 saturated heterocycles. The van der Waals surface area contributed by atoms with Crippen molar-refractivity contribution in [2.24, 2.45) is 5.92 Å². The molecule has 3 heterocycles. The fraction of sp³-hybridized carbons (Fsp3) is 0.412. The number of hydrogen-bond acceptors (Lipinski definition) is 4. The quantitative estimate of drug-likeness (QED) is 0.889. The molecule has 2 aromatic rings. The Morgan fingerprint density at radius 1 is 1.29 bits per heavy atom. The van der Waals surface area contributed by atoms with Crippen LogP contribution in [0.1, 0.15) is 30.3 Å². The van der Waals surface area contributed by atoms with Crippen LogP contribution in [-0.4, -0.2) is 51.5 Å². The standard InChI is InChI=1S/C17H21N5O2/c1-12(23)22-8-4-13(5-9-22)10-19-17(24)16-15(11-20-21-16)14-2-6-18-7-3-14/h2-3,6-7,11,13H,4-5,8-10H2,1H3,(H,19,24)(H,20,21). The summed E-state index contributed by atoms with van der Waals surface area (Å²) in [5.74, 6) is 0.363. The first-order chi connectivity index (χ1) is 11.6. The third-order valence-corrected chi connectivity index (χ3v) is 4.47. The van der Waals surface area contributed by atoms with E-state index in [0.717, 1.165) is 37.1 Å². The van der Waals surface area contributed by atoms with Crippen LogP contribution in [0.4, 0.5) is 0 Å². The molecule has 3 rings (SSSR count). The predicted octanol–water partition coefficient (Wildman–Crippen LogP) is 1.46. The summed E-state index contributed by atoms with van der Waals surface area (Å²) < 4.78 is 0. The van der Waals surface area contributed by atoms with Crippen molar-refractivity contribution in [3.8, 4) is 11.1 Å². The van der Waals surface area contributed by atoms with Crippen LogP contribution in [0.5, 0.6) is 0 Å². The van der Waals surface area contributed by atoms with Gasteiger partial charge in [-0.15, -0.1) is 0 Å². The van der Waals surface area contributed by atoms with E-state index >= 15 is 0 Å². The number of nitrogens with one attached hydrogen (secondary N) is 2. The Balaban J connectivity index is 1.57. The smallest absolute Gasteiger partial charge is 0.269 e. The number of piperidine rings is 1. The van der Waals surface area contributed by atoms with E-state index in [0.29, 0.717) is 18.2 Å². The van der Waals surface area contributed by atoms with Crippen molar-refractivity contribution in [2.75, 3.05) is 19.6 Å². The van der Waals surface area contributed by atoms with Crippen molar-refractivity contribution in [3.63, 3.8) is 0 Å². The van der Waals surface area contributed by atoms with Crippen LogP contribution < -0.4 is 5.32 Å². The predicted molar refractivity (Wildman–Crippen MR) is 89.1 cm³/mol. The highest BCUT2D eigenvalue weighted by Crippen LogP contribution is 2.21. The van der Waals surface area contributed by atoms with Gasteiger partial charge in [-0.25, -0.2) is 0 Å². The van der Waals surface area contributed by atoms with Crippen LogP contribution in [-0.2, 0) is 4.79 Å². The van der Waals surface area contributed by atoms with Crippen molar-refractivity contribution in [1.29, 1.82) is 0 Å². The lowest BCUT2D eigenvalue weighted by atomic mass is 9.96. The first kappa shape index (κ1) is 16.2. The molecule has 0 bridgehead atoms. The van der Waals surface area contributed by atoms with Gasteiger partial charge in [0.15, 0.2) is 0 Å². The summed E-state index contributed by atoms with van der Waals surface area (Å²) in [6.45, 7) is 3.74. The Kier molecular flexibility index (Phi) is 4.88. The molecular weight excluding hydrogens is 306 g/mol. The summed E-state index contributed by atoms with van der Waals surface area (Å²) in [5, 5.41) is 9.75. The van der Waals surface area contributed by atoms with E-state index in [1.165, 1.54) is 0 Å². The fourth-order valence-corrected chi connectivity index (χ4v) is 2.99. The van der Waals surface area contributed by atoms with E-state index < -0.39 is 0 Å². The second-order valence-corrected chi connectivity index (χ2v) is 6.05. The average molecular weight is 327 g/mol. The molecule has 0 unspecified atom stereocenters. The zero-order valence-corrected chi connectivity index (χ0v) is 13.7. The van der Waals surface area contributed by atoms with Gasteiger partial charge in [0.1, 0.15) is 5.69 Å². The summed E-state index contributed by atoms with van der Waals surface area (Å²) in [6.07, 6.45) is 6.86. The molecule has 7 heteroatoms. The van der Waals surface area contributed by atoms with Crippen molar-refractivity contribution in [3.05, 3.63) is 36.4 Å². The highest BCUT2D eigenvalue weighted by Gasteiger charge is 2.22. The van der Waals surface area contributed by atoms with Gasteiger partial charge in [0.25, 0.3) is 5.91 Å². The van der Waals surface area contributed by atoms with Crippen molar-refractivity contribution in [1.82, 2.24) is 25.4 Å². The van der Waals surface area contributed by atoms with Crippen LogP contribution >= 0.6 is 0 Å². The van der Waals surface area contributed by atoms with Gasteiger partial charge in [0, 0.05) is 44.5 Å². The van der Waals surface area contributed by atoms with Crippen molar-refractivity contribution < 1.29 is 9.59 Å². The third kappa shape index (κ3) is 3.61. The first-order valence-electron chi connectivity index (χ1n) is 8.12. The Hall–Kier alpha value is -2.70. The molecule has 0 aliphatic carbocycles. The molecular formula is C17H21N5O2. The van der Waals surface area contributed by atoms with Gasteiger partial charge in [0.2, 0.25) is 5.91 Å². The van der Waals surface area contributed by atoms with E-state index in [-0.39, 0.29) is 11.8 Å². The van der Waals surface area contributed by atoms with E-state index in [4.69, 9.17) is 0 Å². The van der Waals surface area contributed by atoms with Crippen molar-refractivity contribution in [2.45, 2.75) is 19.8 Å². The number of likely N-dealkylation sites (tertiary alicyclic amines) is 1. The molecule has 0 aromatic carbocycles. The number of rotatable bonds is 4. The SMILES string of the molecule is CC(=O)N1CCC(CNC(=O)c2[nH]ncc2-c2ccncc2)CC1. The lowest BCUT2D eigenvalue weighted by Crippen LogP contribution is -2.40. The minimum atomic E-state index is -0.159. The number of aromatic nitrogens is 3. The van der Waals surface area contributed by atoms with Crippen LogP contribution in [0.3, 0.4) is 0 Å². The molecule has 2 aromatic heterocycles. The lowest BCUT2D eigenvalue weighted by molar-refractivity contribution is -0.130. The lowest BCUT2D eigenvalue weighted by Gasteiger charge is -2.31. The Bertz CT molecular complexity index is 705. The normalized spacial score (nSPS) is 15.3. The first-order valence-corrected chi connectivity index (χ1v) is 8.12. The number of nitrogens with zero attached hydrogens (tertiary/aromatic N) is 3. The minimum Gasteiger partial charge on any atom is -0.350 e. The second-order valence-electron chi connectivity index (χ2n) is 6.05. The number of aromatic amines is 1. The molecule has 126 valence electrons. The zero-order chi connectivity index (χ0) is 16.9. The molecule has 0 atom stereocenters. The highest BCUT2D eigenvalue weighted by molar-refractivity contribution is 5.98. The Morgan fingerprint density at radius 3 is 2.67 bits per heavy atom. The molecule has 2 amide bonds. The largest absolute Gasteiger partial charge is 0.350 e. The molecule has 0 spiro atoms. The zero-order valence-electron chi connectivity index (χ0n) is 13.7. The van der Waals surface area contributed by atoms with Gasteiger partial charge in [0.05, 0.1) is 6.20 Å². The Morgan fingerprint density at radius 2 is 2.00 bits per heavy atom. The summed E-state index contributed by atoms with van der Waals surface area (Å²) in [7, 11) is 0. The van der Waals surface area contributed by atoms with Crippen LogP contribution in [0.25, 0.3) is 11.1 Å². The van der Waals surface area contributed by atoms with E-state index in [1.807, 2.05) is 17.0 Å². The average Bonchev–Trinajstić information content (AvgIpc) is 3.10. The molecule has 1 aliphatic heterocycles. The van der Waals surface area contributed by atoms with Crippen LogP contribution in [0.2, 0.25) is 0 Å². The fourth-order valence-electron chi connectivity index (χ4n) is 2.99. The van der Waals surface area contributed by atoms with Crippen LogP contribution in [0.15, 0.2) is 30.7 Å². The summed E-state index contributed by atoms with van der Waals surface area (Å²) in [5.41, 5.74) is 2.13. The number of carbonyl (C=O) groups is 2. The summed E-state index contributed by atoms with van der Waals surface area (Å²) >= 11 is 0. The highest BCUT2D eigenvalue weighted by atomic mass is 16.2. The molecule has 24 heavy (non-hydrogen) atoms. The maximum Gasteiger partial charge on any atom is 0.269 e. The maximum absolute atomic E-state index is 12.5. The monoisotopic (exact) mass is 327 g/mol. The van der Waals surface area contributed by atoms with Gasteiger partial charge < -0.3 is 10.2 Å². The van der Waals surface area contributed by atoms with Gasteiger partial charge in [-0.1, -0.05) is 0 Å². The molecule has 2 N–H and O–H groups in total. The van der Waals surface area contributed by atoms with E-state index in [9.17, 15) is 9.59 Å². The maximum atomic E-state index is 12.5. The molecule has 1 aliphatic rings. The summed E-state index contributed by atoms with van der Waals surface area (Å²) in [4.78, 5) is 29.6. The molecule has 1 fully saturated rings. The van der Waals surface area contributed by atoms with Gasteiger partial charge in [-0.3, -0.25) is 19.7 Å². The van der Waals surface area contributed by atoms with Gasteiger partial charge >= 0.3 is 0 Å². The number of carbonyl (C=O) groups excluding carboxylic acids is 2. The summed E-state index contributed by atoms with van der Waals surface area (Å²) in [6, 6.07) is 3.69. The van der Waals surface area contributed by atoms with E-state index in [2.05, 4.69) is 20.5 Å². The van der Waals surface area contributed by atoms with E-state index in [1.54, 1.807) is 25.5 Å². The minimum absolute atomic E-state index is 0.122. The van der Waals surface area contributed by atoms with Gasteiger partial charge in [-0.2, -0.15) is 5.10 Å². The number of hydrogen-bond donors (Lipinski definition) is 2. The Labute approximate surface area is 140 Å². The second kappa shape index (κ2) is 7.25. The van der Waals surface area contributed by atoms with Crippen molar-refractivity contribution >= 4 is 11.8 Å².